The Morgan fingerprint density at radius 1 is 1.50 bits per heavy atom. The monoisotopic (exact) mass is 248 g/mol. The first-order chi connectivity index (χ1) is 8.61. The van der Waals surface area contributed by atoms with Crippen LogP contribution in [0.15, 0.2) is 18.2 Å². The van der Waals surface area contributed by atoms with Crippen molar-refractivity contribution in [1.82, 2.24) is 10.2 Å². The van der Waals surface area contributed by atoms with E-state index in [0.29, 0.717) is 18.7 Å². The zero-order valence-corrected chi connectivity index (χ0v) is 10.2. The molecule has 1 heterocycles. The van der Waals surface area contributed by atoms with Crippen molar-refractivity contribution in [3.8, 4) is 0 Å². The van der Waals surface area contributed by atoms with Gasteiger partial charge in [0.05, 0.1) is 6.54 Å². The first-order valence-electron chi connectivity index (χ1n) is 5.75. The Balaban J connectivity index is 2.20. The summed E-state index contributed by atoms with van der Waals surface area (Å²) in [6.07, 6.45) is 0. The Bertz CT molecular complexity index is 487. The maximum absolute atomic E-state index is 12.3. The van der Waals surface area contributed by atoms with Crippen LogP contribution in [-0.2, 0) is 4.79 Å². The number of amides is 2. The highest BCUT2D eigenvalue weighted by Crippen LogP contribution is 2.16. The fourth-order valence-corrected chi connectivity index (χ4v) is 1.98. The lowest BCUT2D eigenvalue weighted by molar-refractivity contribution is -0.123. The van der Waals surface area contributed by atoms with Gasteiger partial charge in [-0.05, 0) is 30.7 Å². The number of hydrogen-bond donors (Lipinski definition) is 3. The van der Waals surface area contributed by atoms with E-state index in [9.17, 15) is 9.59 Å². The standard InChI is InChI=1S/C12H16N4O2/c1-8-6-9(15-13)2-3-10(8)12(18)16-5-4-14-11(17)7-16/h2-3,6,15H,4-5,7,13H2,1H3,(H,14,17). The van der Waals surface area contributed by atoms with Crippen molar-refractivity contribution in [2.75, 3.05) is 25.1 Å². The van der Waals surface area contributed by atoms with E-state index < -0.39 is 0 Å². The number of nitrogens with two attached hydrogens (primary N) is 1. The third kappa shape index (κ3) is 2.43. The first kappa shape index (κ1) is 12.4. The normalized spacial score (nSPS) is 15.2. The van der Waals surface area contributed by atoms with Gasteiger partial charge < -0.3 is 15.6 Å². The fraction of sp³-hybridized carbons (Fsp3) is 0.333. The highest BCUT2D eigenvalue weighted by atomic mass is 16.2. The summed E-state index contributed by atoms with van der Waals surface area (Å²) in [6.45, 7) is 3.01. The van der Waals surface area contributed by atoms with Crippen LogP contribution < -0.4 is 16.6 Å². The molecule has 0 aromatic heterocycles. The average molecular weight is 248 g/mol. The van der Waals surface area contributed by atoms with Gasteiger partial charge in [-0.1, -0.05) is 0 Å². The number of nitrogens with one attached hydrogen (secondary N) is 2. The van der Waals surface area contributed by atoms with Gasteiger partial charge in [0.15, 0.2) is 0 Å². The van der Waals surface area contributed by atoms with Crippen molar-refractivity contribution in [3.63, 3.8) is 0 Å². The minimum absolute atomic E-state index is 0.118. The maximum Gasteiger partial charge on any atom is 0.254 e. The summed E-state index contributed by atoms with van der Waals surface area (Å²) < 4.78 is 0. The van der Waals surface area contributed by atoms with E-state index in [1.54, 1.807) is 23.1 Å². The van der Waals surface area contributed by atoms with E-state index in [2.05, 4.69) is 10.7 Å². The van der Waals surface area contributed by atoms with Gasteiger partial charge in [-0.2, -0.15) is 0 Å². The van der Waals surface area contributed by atoms with Crippen molar-refractivity contribution >= 4 is 17.5 Å². The Morgan fingerprint density at radius 2 is 2.28 bits per heavy atom. The molecule has 1 aromatic rings. The number of rotatable bonds is 2. The van der Waals surface area contributed by atoms with Crippen LogP contribution in [0, 0.1) is 6.92 Å². The first-order valence-corrected chi connectivity index (χ1v) is 5.75. The van der Waals surface area contributed by atoms with Crippen molar-refractivity contribution in [1.29, 1.82) is 0 Å². The van der Waals surface area contributed by atoms with Crippen LogP contribution in [0.3, 0.4) is 0 Å². The Morgan fingerprint density at radius 3 is 2.89 bits per heavy atom. The van der Waals surface area contributed by atoms with Crippen LogP contribution in [0.4, 0.5) is 5.69 Å². The largest absolute Gasteiger partial charge is 0.353 e. The molecule has 1 saturated heterocycles. The van der Waals surface area contributed by atoms with Crippen LogP contribution in [0.1, 0.15) is 15.9 Å². The predicted octanol–water partition coefficient (Wildman–Crippen LogP) is -0.147. The molecule has 1 aromatic carbocycles. The molecule has 6 nitrogen and oxygen atoms in total. The minimum atomic E-state index is -0.120. The van der Waals surface area contributed by atoms with Crippen molar-refractivity contribution < 1.29 is 9.59 Å². The van der Waals surface area contributed by atoms with E-state index in [0.717, 1.165) is 11.3 Å². The van der Waals surface area contributed by atoms with Crippen molar-refractivity contribution in [3.05, 3.63) is 29.3 Å². The molecule has 0 atom stereocenters. The van der Waals surface area contributed by atoms with Gasteiger partial charge in [0.2, 0.25) is 5.91 Å². The predicted molar refractivity (Wildman–Crippen MR) is 67.9 cm³/mol. The van der Waals surface area contributed by atoms with E-state index >= 15 is 0 Å². The third-order valence-corrected chi connectivity index (χ3v) is 2.95. The van der Waals surface area contributed by atoms with Crippen LogP contribution in [0.5, 0.6) is 0 Å². The summed E-state index contributed by atoms with van der Waals surface area (Å²) in [6, 6.07) is 5.26. The smallest absolute Gasteiger partial charge is 0.254 e. The van der Waals surface area contributed by atoms with Crippen LogP contribution in [0.25, 0.3) is 0 Å². The number of carbonyl (C=O) groups excluding carboxylic acids is 2. The third-order valence-electron chi connectivity index (χ3n) is 2.95. The van der Waals surface area contributed by atoms with Crippen molar-refractivity contribution in [2.45, 2.75) is 6.92 Å². The highest BCUT2D eigenvalue weighted by Gasteiger charge is 2.23. The SMILES string of the molecule is Cc1cc(NN)ccc1C(=O)N1CCNC(=O)C1. The number of hydrogen-bond acceptors (Lipinski definition) is 4. The number of anilines is 1. The van der Waals surface area contributed by atoms with Crippen LogP contribution >= 0.6 is 0 Å². The van der Waals surface area contributed by atoms with Crippen LogP contribution in [0.2, 0.25) is 0 Å². The second kappa shape index (κ2) is 5.05. The van der Waals surface area contributed by atoms with Gasteiger partial charge in [0.25, 0.3) is 5.91 Å². The summed E-state index contributed by atoms with van der Waals surface area (Å²) in [5.74, 6) is 5.07. The van der Waals surface area contributed by atoms with Crippen LogP contribution in [-0.4, -0.2) is 36.3 Å². The number of hydrazine groups is 1. The highest BCUT2D eigenvalue weighted by molar-refractivity contribution is 5.98. The molecule has 0 bridgehead atoms. The molecular weight excluding hydrogens is 232 g/mol. The van der Waals surface area contributed by atoms with Crippen molar-refractivity contribution in [2.24, 2.45) is 5.84 Å². The molecule has 0 aliphatic carbocycles. The number of nitrogens with zero attached hydrogens (tertiary/aromatic N) is 1. The Hall–Kier alpha value is -2.08. The molecule has 2 rings (SSSR count). The molecular formula is C12H16N4O2. The fourth-order valence-electron chi connectivity index (χ4n) is 1.98. The number of carbonyl (C=O) groups is 2. The Kier molecular flexibility index (Phi) is 3.47. The van der Waals surface area contributed by atoms with E-state index in [1.165, 1.54) is 0 Å². The number of aryl methyl sites for hydroxylation is 1. The molecule has 1 aliphatic rings. The molecule has 0 radical (unpaired) electrons. The molecule has 0 saturated carbocycles. The molecule has 96 valence electrons. The van der Waals surface area contributed by atoms with Gasteiger partial charge in [-0.15, -0.1) is 0 Å². The summed E-state index contributed by atoms with van der Waals surface area (Å²) in [7, 11) is 0. The quantitative estimate of drug-likeness (QED) is 0.502. The second-order valence-electron chi connectivity index (χ2n) is 4.25. The summed E-state index contributed by atoms with van der Waals surface area (Å²) >= 11 is 0. The Labute approximate surface area is 105 Å². The van der Waals surface area contributed by atoms with E-state index in [1.807, 2.05) is 6.92 Å². The molecule has 1 aliphatic heterocycles. The lowest BCUT2D eigenvalue weighted by Crippen LogP contribution is -2.50. The number of nitrogen functional groups attached to an aromatic ring is 1. The maximum atomic E-state index is 12.3. The molecule has 1 fully saturated rings. The lowest BCUT2D eigenvalue weighted by atomic mass is 10.1. The van der Waals surface area contributed by atoms with E-state index in [4.69, 9.17) is 5.84 Å². The summed E-state index contributed by atoms with van der Waals surface area (Å²) in [4.78, 5) is 25.1. The molecule has 4 N–H and O–H groups in total. The van der Waals surface area contributed by atoms with Gasteiger partial charge in [-0.3, -0.25) is 15.4 Å². The van der Waals surface area contributed by atoms with Gasteiger partial charge in [0, 0.05) is 24.3 Å². The zero-order chi connectivity index (χ0) is 13.1. The number of benzene rings is 1. The van der Waals surface area contributed by atoms with Gasteiger partial charge >= 0.3 is 0 Å². The topological polar surface area (TPSA) is 87.5 Å². The average Bonchev–Trinajstić information content (AvgIpc) is 2.37. The molecule has 0 unspecified atom stereocenters. The van der Waals surface area contributed by atoms with E-state index in [-0.39, 0.29) is 18.4 Å². The minimum Gasteiger partial charge on any atom is -0.353 e. The zero-order valence-electron chi connectivity index (χ0n) is 10.2. The molecule has 0 spiro atoms. The molecule has 6 heteroatoms. The summed E-state index contributed by atoms with van der Waals surface area (Å²) in [5, 5.41) is 2.69. The molecule has 18 heavy (non-hydrogen) atoms. The van der Waals surface area contributed by atoms with Gasteiger partial charge in [0.1, 0.15) is 0 Å². The lowest BCUT2D eigenvalue weighted by Gasteiger charge is -2.27. The molecule has 2 amide bonds. The summed E-state index contributed by atoms with van der Waals surface area (Å²) in [5.41, 5.74) is 4.72. The van der Waals surface area contributed by atoms with Gasteiger partial charge in [-0.25, -0.2) is 0 Å². The number of piperazine rings is 1. The second-order valence-corrected chi connectivity index (χ2v) is 4.25.